The molecule has 80 heavy (non-hydrogen) atoms. The van der Waals surface area contributed by atoms with Crippen LogP contribution in [0.4, 0.5) is 11.4 Å². The molecule has 0 unspecified atom stereocenters. The number of esters is 2. The van der Waals surface area contributed by atoms with Gasteiger partial charge in [-0.05, 0) is 149 Å². The van der Waals surface area contributed by atoms with E-state index >= 15 is 0 Å². The number of pyridine rings is 2. The van der Waals surface area contributed by atoms with E-state index in [1.165, 1.54) is 26.7 Å². The van der Waals surface area contributed by atoms with Gasteiger partial charge in [-0.25, -0.2) is 26.4 Å². The second-order valence-corrected chi connectivity index (χ2v) is 26.7. The molecule has 0 spiro atoms. The molecule has 5 N–H and O–H groups in total. The molecule has 440 valence electrons. The number of thiocarbonyl (C=S) groups is 2. The summed E-state index contributed by atoms with van der Waals surface area (Å²) in [6.45, 7) is 7.29. The van der Waals surface area contributed by atoms with Gasteiger partial charge in [-0.1, -0.05) is 94.7 Å². The van der Waals surface area contributed by atoms with Gasteiger partial charge in [0.25, 0.3) is 11.1 Å². The lowest BCUT2D eigenvalue weighted by atomic mass is 9.80. The summed E-state index contributed by atoms with van der Waals surface area (Å²) < 4.78 is 55.9. The molecule has 0 bridgehead atoms. The number of hydrogen-bond donors (Lipinski definition) is 4. The number of carbonyl (C=O) groups is 4. The van der Waals surface area contributed by atoms with Crippen LogP contribution in [0.25, 0.3) is 0 Å². The van der Waals surface area contributed by atoms with Crippen LogP contribution < -0.4 is 21.7 Å². The van der Waals surface area contributed by atoms with Crippen molar-refractivity contribution in [1.82, 2.24) is 20.6 Å². The number of amides is 1. The monoisotopic (exact) mass is 1200 g/mol. The van der Waals surface area contributed by atoms with Crippen molar-refractivity contribution in [3.8, 4) is 0 Å². The predicted octanol–water partition coefficient (Wildman–Crippen LogP) is 10.5. The van der Waals surface area contributed by atoms with Gasteiger partial charge < -0.3 is 31.2 Å². The lowest BCUT2D eigenvalue weighted by Crippen LogP contribution is -2.48. The summed E-state index contributed by atoms with van der Waals surface area (Å²) in [6.07, 6.45) is 19.2. The van der Waals surface area contributed by atoms with Crippen molar-refractivity contribution in [1.29, 1.82) is 0 Å². The zero-order chi connectivity index (χ0) is 58.6. The van der Waals surface area contributed by atoms with Gasteiger partial charge in [-0.2, -0.15) is 0 Å². The van der Waals surface area contributed by atoms with Crippen LogP contribution in [0.1, 0.15) is 152 Å². The highest BCUT2D eigenvalue weighted by Gasteiger charge is 2.40. The number of nitrogens with one attached hydrogen (secondary N) is 3. The molecule has 2 atom stereocenters. The number of anilines is 2. The summed E-state index contributed by atoms with van der Waals surface area (Å²) in [7, 11) is -3.21. The van der Waals surface area contributed by atoms with E-state index in [0.717, 1.165) is 99.3 Å². The van der Waals surface area contributed by atoms with Crippen molar-refractivity contribution >= 4 is 100 Å². The number of carbonyl (C=O) groups excluding carboxylic acids is 4. The first-order valence-corrected chi connectivity index (χ1v) is 32.0. The number of methoxy groups -OCH3 is 2. The van der Waals surface area contributed by atoms with E-state index < -0.39 is 43.0 Å². The Balaban J connectivity index is 0.000000358. The number of rotatable bonds is 23. The molecule has 2 saturated carbocycles. The molecule has 16 nitrogen and oxygen atoms in total. The Hall–Kier alpha value is -5.41. The normalized spacial score (nSPS) is 15.0. The lowest BCUT2D eigenvalue weighted by Gasteiger charge is -2.33. The van der Waals surface area contributed by atoms with Crippen LogP contribution in [0, 0.1) is 38.5 Å². The first-order chi connectivity index (χ1) is 37.2. The molecule has 2 fully saturated rings. The van der Waals surface area contributed by atoms with E-state index in [2.05, 4.69) is 25.9 Å². The van der Waals surface area contributed by atoms with E-state index in [0.29, 0.717) is 69.5 Å². The maximum atomic E-state index is 12.8. The fraction of sp³-hybridized carbons (Fsp3) is 0.525. The third-order valence-electron chi connectivity index (χ3n) is 14.7. The third-order valence-corrected chi connectivity index (χ3v) is 18.1. The number of aromatic nitrogens is 2. The van der Waals surface area contributed by atoms with Gasteiger partial charge in [0.2, 0.25) is 0 Å². The number of aryl methyl sites for hydroxylation is 4. The number of sulfone groups is 2. The van der Waals surface area contributed by atoms with Gasteiger partial charge in [0.05, 0.1) is 41.0 Å². The fourth-order valence-electron chi connectivity index (χ4n) is 10.3. The minimum atomic E-state index is -2.99. The van der Waals surface area contributed by atoms with E-state index in [9.17, 15) is 36.0 Å². The number of ether oxygens (including phenoxy) is 2. The number of nitrogens with zero attached hydrogens (tertiary/aromatic N) is 2. The average Bonchev–Trinajstić information content (AvgIpc) is 4.09. The van der Waals surface area contributed by atoms with Gasteiger partial charge in [0.15, 0.2) is 0 Å². The minimum absolute atomic E-state index is 0. The number of halogens is 1. The second kappa shape index (κ2) is 32.3. The van der Waals surface area contributed by atoms with Crippen LogP contribution in [0.3, 0.4) is 0 Å². The Morgan fingerprint density at radius 1 is 0.625 bits per heavy atom. The highest BCUT2D eigenvalue weighted by molar-refractivity contribution is 7.90. The largest absolute Gasteiger partial charge is 0.467 e. The van der Waals surface area contributed by atoms with E-state index in [4.69, 9.17) is 51.2 Å². The molecular formula is C59H83ClN6O10S4. The summed E-state index contributed by atoms with van der Waals surface area (Å²) in [5.74, 6) is -0.600. The summed E-state index contributed by atoms with van der Waals surface area (Å²) in [4.78, 5) is 58.2. The first kappa shape index (κ1) is 68.9. The summed E-state index contributed by atoms with van der Waals surface area (Å²) in [5.41, 5.74) is 12.7. The van der Waals surface area contributed by atoms with Crippen LogP contribution in [0.2, 0.25) is 0 Å². The Morgan fingerprint density at radius 3 is 1.34 bits per heavy atom. The van der Waals surface area contributed by atoms with Crippen LogP contribution >= 0.6 is 36.0 Å². The van der Waals surface area contributed by atoms with Gasteiger partial charge in [-0.15, -0.1) is 0 Å². The lowest BCUT2D eigenvalue weighted by molar-refractivity contribution is -0.143. The van der Waals surface area contributed by atoms with Crippen molar-refractivity contribution in [2.24, 2.45) is 10.8 Å². The molecule has 2 aliphatic rings. The average molecular weight is 1200 g/mol. The summed E-state index contributed by atoms with van der Waals surface area (Å²) in [5, 5.41) is 9.06. The molecule has 0 aliphatic heterocycles. The molecule has 0 radical (unpaired) electrons. The van der Waals surface area contributed by atoms with E-state index in [-0.39, 0.29) is 41.6 Å². The Bertz CT molecular complexity index is 2920. The van der Waals surface area contributed by atoms with Crippen LogP contribution in [0.5, 0.6) is 0 Å². The molecule has 0 saturated heterocycles. The number of hydrogen-bond acceptors (Lipinski definition) is 15. The SMILES string of the molecule is C.COC(=O)[C@H](Cc1ccc(N)cc1)NC(=S)C1(CCCCS(C)(=O)=O)CCCC1.COC(=O)[C@H](Cc1ccc(NC(=O)c2c(C)ccnc2C)cc1)NC(=S)C1(CCCCS(C)(=O)=O)CCCC1.Cc1ccnc(C)c1C(=O)Cl. The summed E-state index contributed by atoms with van der Waals surface area (Å²) >= 11 is 17.0. The Morgan fingerprint density at radius 2 is 1.00 bits per heavy atom. The smallest absolute Gasteiger partial charge is 0.328 e. The number of nitrogens with two attached hydrogens (primary N) is 1. The van der Waals surface area contributed by atoms with Crippen LogP contribution in [0.15, 0.2) is 73.1 Å². The molecule has 21 heteroatoms. The van der Waals surface area contributed by atoms with Crippen molar-refractivity contribution in [2.45, 2.75) is 150 Å². The number of nitrogen functional groups attached to an aromatic ring is 1. The highest BCUT2D eigenvalue weighted by Crippen LogP contribution is 2.44. The molecule has 2 aromatic heterocycles. The third kappa shape index (κ3) is 21.8. The van der Waals surface area contributed by atoms with E-state index in [1.807, 2.05) is 50.2 Å². The minimum Gasteiger partial charge on any atom is -0.467 e. The van der Waals surface area contributed by atoms with Crippen LogP contribution in [-0.4, -0.2) is 110 Å². The van der Waals surface area contributed by atoms with Crippen molar-refractivity contribution in [3.05, 3.63) is 118 Å². The first-order valence-electron chi connectivity index (χ1n) is 26.6. The van der Waals surface area contributed by atoms with Gasteiger partial charge in [0, 0.05) is 77.2 Å². The van der Waals surface area contributed by atoms with Gasteiger partial charge in [-0.3, -0.25) is 19.6 Å². The standard InChI is InChI=1S/C29H39N3O5S2.C21H32N2O4S2.C8H8ClNO.CH4/c1-20-13-17-30-21(2)25(20)26(33)31-23-11-9-22(10-12-23)19-24(27(34)37-3)32-28(38)29(14-5-6-15-29)16-7-8-18-39(4,35)36;1-27-19(24)18(15-16-7-9-17(22)10-8-16)23-20(28)21(11-3-4-12-21)13-5-6-14-29(2,25)26;1-5-3-4-10-6(2)7(5)8(9)11;/h9-13,17,24H,5-8,14-16,18-19H2,1-4H3,(H,31,33)(H,32,38);7-10,18H,3-6,11-15,22H2,1-2H3,(H,23,28);3-4H,1-2H3;1H4/t24-;18-;;/m00../s1. The van der Waals surface area contributed by atoms with E-state index in [1.54, 1.807) is 50.5 Å². The van der Waals surface area contributed by atoms with Gasteiger partial charge in [0.1, 0.15) is 31.8 Å². The molecule has 4 aromatic rings. The molecule has 6 rings (SSSR count). The maximum Gasteiger partial charge on any atom is 0.328 e. The topological polar surface area (TPSA) is 243 Å². The van der Waals surface area contributed by atoms with Crippen molar-refractivity contribution in [3.63, 3.8) is 0 Å². The molecule has 1 amide bonds. The second-order valence-electron chi connectivity index (χ2n) is 21.0. The van der Waals surface area contributed by atoms with Gasteiger partial charge >= 0.3 is 11.9 Å². The number of unbranched alkanes of at least 4 members (excludes halogenated alkanes) is 2. The molecule has 2 aliphatic carbocycles. The molecule has 2 heterocycles. The van der Waals surface area contributed by atoms with Crippen molar-refractivity contribution in [2.75, 3.05) is 49.3 Å². The molecule has 2 aromatic carbocycles. The Labute approximate surface area is 491 Å². The summed E-state index contributed by atoms with van der Waals surface area (Å²) in [6, 6.07) is 17.1. The van der Waals surface area contributed by atoms with Crippen molar-refractivity contribution < 1.29 is 45.5 Å². The quantitative estimate of drug-likeness (QED) is 0.0177. The zero-order valence-corrected chi connectivity index (χ0v) is 50.9. The highest BCUT2D eigenvalue weighted by atomic mass is 35.5. The maximum absolute atomic E-state index is 12.8. The predicted molar refractivity (Wildman–Crippen MR) is 329 cm³/mol. The fourth-order valence-corrected chi connectivity index (χ4v) is 12.9. The van der Waals surface area contributed by atoms with Crippen LogP contribution in [-0.2, 0) is 51.6 Å². The zero-order valence-electron chi connectivity index (χ0n) is 46.9. The Kier molecular flexibility index (Phi) is 27.8. The number of benzene rings is 2. The molecular weight excluding hydrogens is 1120 g/mol.